The quantitative estimate of drug-likeness (QED) is 0.522. The third kappa shape index (κ3) is 1.91. The van der Waals surface area contributed by atoms with E-state index in [4.69, 9.17) is 0 Å². The van der Waals surface area contributed by atoms with Gasteiger partial charge in [0.15, 0.2) is 0 Å². The van der Waals surface area contributed by atoms with Gasteiger partial charge >= 0.3 is 0 Å². The van der Waals surface area contributed by atoms with Crippen LogP contribution in [0.2, 0.25) is 0 Å². The summed E-state index contributed by atoms with van der Waals surface area (Å²) in [5.41, 5.74) is 0.523. The minimum Gasteiger partial charge on any atom is -0.158 e. The number of rotatable bonds is 0. The van der Waals surface area contributed by atoms with Crippen LogP contribution in [-0.4, -0.2) is 11.0 Å². The lowest BCUT2D eigenvalue weighted by Gasteiger charge is -2.25. The Labute approximate surface area is 68.8 Å². The monoisotopic (exact) mass is 158 g/mol. The average Bonchev–Trinajstić information content (AvgIpc) is 2.11. The SMILES string of the molecule is CC1CSC(C(C)(C)C)C1. The molecule has 0 N–H and O–H groups in total. The molecule has 0 radical (unpaired) electrons. The van der Waals surface area contributed by atoms with E-state index in [1.807, 2.05) is 0 Å². The molecule has 0 nitrogen and oxygen atoms in total. The molecule has 0 bridgehead atoms. The Kier molecular flexibility index (Phi) is 2.34. The molecule has 1 heteroatoms. The van der Waals surface area contributed by atoms with Gasteiger partial charge in [0.25, 0.3) is 0 Å². The predicted octanol–water partition coefficient (Wildman–Crippen LogP) is 3.17. The van der Waals surface area contributed by atoms with E-state index >= 15 is 0 Å². The van der Waals surface area contributed by atoms with Crippen LogP contribution in [0.25, 0.3) is 0 Å². The zero-order valence-corrected chi connectivity index (χ0v) is 8.29. The van der Waals surface area contributed by atoms with Gasteiger partial charge in [-0.1, -0.05) is 27.7 Å². The molecular weight excluding hydrogens is 140 g/mol. The second-order valence-corrected chi connectivity index (χ2v) is 5.76. The maximum atomic E-state index is 2.36. The molecule has 0 aromatic rings. The molecule has 0 aliphatic carbocycles. The summed E-state index contributed by atoms with van der Waals surface area (Å²) in [5.74, 6) is 2.33. The van der Waals surface area contributed by atoms with Gasteiger partial charge in [0.1, 0.15) is 0 Å². The van der Waals surface area contributed by atoms with Crippen LogP contribution >= 0.6 is 11.8 Å². The molecule has 0 spiro atoms. The summed E-state index contributed by atoms with van der Waals surface area (Å²) >= 11 is 2.16. The normalized spacial score (nSPS) is 34.8. The van der Waals surface area contributed by atoms with Crippen LogP contribution in [0, 0.1) is 11.3 Å². The second kappa shape index (κ2) is 2.77. The molecule has 0 amide bonds. The van der Waals surface area contributed by atoms with Crippen LogP contribution in [0.4, 0.5) is 0 Å². The van der Waals surface area contributed by atoms with Crippen LogP contribution in [-0.2, 0) is 0 Å². The Morgan fingerprint density at radius 3 is 2.10 bits per heavy atom. The third-order valence-corrected chi connectivity index (χ3v) is 4.23. The molecule has 0 aromatic heterocycles. The molecule has 0 aromatic carbocycles. The molecule has 1 rings (SSSR count). The zero-order valence-electron chi connectivity index (χ0n) is 7.48. The number of thioether (sulfide) groups is 1. The lowest BCUT2D eigenvalue weighted by atomic mass is 9.87. The standard InChI is InChI=1S/C9H18S/c1-7-5-8(10-6-7)9(2,3)4/h7-8H,5-6H2,1-4H3. The predicted molar refractivity (Wildman–Crippen MR) is 49.5 cm³/mol. The van der Waals surface area contributed by atoms with E-state index in [2.05, 4.69) is 39.5 Å². The maximum absolute atomic E-state index is 2.36. The van der Waals surface area contributed by atoms with Gasteiger partial charge in [0.2, 0.25) is 0 Å². The molecule has 1 heterocycles. The van der Waals surface area contributed by atoms with Crippen molar-refractivity contribution >= 4 is 11.8 Å². The first-order chi connectivity index (χ1) is 4.50. The van der Waals surface area contributed by atoms with Gasteiger partial charge in [0.05, 0.1) is 0 Å². The number of hydrogen-bond donors (Lipinski definition) is 0. The van der Waals surface area contributed by atoms with Crippen LogP contribution in [0.15, 0.2) is 0 Å². The minimum absolute atomic E-state index is 0.523. The number of hydrogen-bond acceptors (Lipinski definition) is 1. The largest absolute Gasteiger partial charge is 0.158 e. The lowest BCUT2D eigenvalue weighted by molar-refractivity contribution is 0.368. The Balaban J connectivity index is 2.45. The highest BCUT2D eigenvalue weighted by atomic mass is 32.2. The molecule has 2 unspecified atom stereocenters. The van der Waals surface area contributed by atoms with E-state index in [9.17, 15) is 0 Å². The topological polar surface area (TPSA) is 0 Å². The molecule has 60 valence electrons. The van der Waals surface area contributed by atoms with Crippen molar-refractivity contribution in [3.63, 3.8) is 0 Å². The molecule has 1 saturated heterocycles. The summed E-state index contributed by atoms with van der Waals surface area (Å²) in [7, 11) is 0. The fourth-order valence-corrected chi connectivity index (χ4v) is 3.05. The van der Waals surface area contributed by atoms with Crippen molar-refractivity contribution in [1.82, 2.24) is 0 Å². The molecule has 0 saturated carbocycles. The van der Waals surface area contributed by atoms with Crippen molar-refractivity contribution < 1.29 is 0 Å². The van der Waals surface area contributed by atoms with Crippen molar-refractivity contribution in [1.29, 1.82) is 0 Å². The fourth-order valence-electron chi connectivity index (χ4n) is 1.39. The van der Waals surface area contributed by atoms with Crippen LogP contribution < -0.4 is 0 Å². The van der Waals surface area contributed by atoms with Crippen LogP contribution in [0.5, 0.6) is 0 Å². The van der Waals surface area contributed by atoms with Crippen molar-refractivity contribution in [2.75, 3.05) is 5.75 Å². The van der Waals surface area contributed by atoms with E-state index in [0.29, 0.717) is 5.41 Å². The van der Waals surface area contributed by atoms with Crippen molar-refractivity contribution in [3.05, 3.63) is 0 Å². The average molecular weight is 158 g/mol. The molecule has 2 atom stereocenters. The molecular formula is C9H18S. The Hall–Kier alpha value is 0.350. The highest BCUT2D eigenvalue weighted by molar-refractivity contribution is 8.00. The molecule has 1 fully saturated rings. The first-order valence-corrected chi connectivity index (χ1v) is 5.16. The summed E-state index contributed by atoms with van der Waals surface area (Å²) in [4.78, 5) is 0. The van der Waals surface area contributed by atoms with Gasteiger partial charge < -0.3 is 0 Å². The molecule has 1 aliphatic heterocycles. The lowest BCUT2D eigenvalue weighted by Crippen LogP contribution is -2.20. The van der Waals surface area contributed by atoms with E-state index in [1.165, 1.54) is 12.2 Å². The van der Waals surface area contributed by atoms with Crippen molar-refractivity contribution in [2.24, 2.45) is 11.3 Å². The van der Waals surface area contributed by atoms with Crippen molar-refractivity contribution in [2.45, 2.75) is 39.4 Å². The van der Waals surface area contributed by atoms with Crippen molar-refractivity contribution in [3.8, 4) is 0 Å². The Morgan fingerprint density at radius 2 is 1.90 bits per heavy atom. The first-order valence-electron chi connectivity index (χ1n) is 4.12. The van der Waals surface area contributed by atoms with Gasteiger partial charge in [0, 0.05) is 5.25 Å². The van der Waals surface area contributed by atoms with Gasteiger partial charge in [-0.05, 0) is 23.5 Å². The maximum Gasteiger partial charge on any atom is 0.00985 e. The highest BCUT2D eigenvalue weighted by Crippen LogP contribution is 2.41. The van der Waals surface area contributed by atoms with Gasteiger partial charge in [-0.25, -0.2) is 0 Å². The summed E-state index contributed by atoms with van der Waals surface area (Å²) in [6.07, 6.45) is 1.42. The minimum atomic E-state index is 0.523. The summed E-state index contributed by atoms with van der Waals surface area (Å²) in [5, 5.41) is 0.905. The van der Waals surface area contributed by atoms with Crippen LogP contribution in [0.1, 0.15) is 34.1 Å². The Morgan fingerprint density at radius 1 is 1.30 bits per heavy atom. The van der Waals surface area contributed by atoms with E-state index in [1.54, 1.807) is 0 Å². The van der Waals surface area contributed by atoms with Crippen LogP contribution in [0.3, 0.4) is 0 Å². The zero-order chi connectivity index (χ0) is 7.78. The summed E-state index contributed by atoms with van der Waals surface area (Å²) < 4.78 is 0. The first kappa shape index (κ1) is 8.45. The highest BCUT2D eigenvalue weighted by Gasteiger charge is 2.31. The molecule has 1 aliphatic rings. The van der Waals surface area contributed by atoms with Gasteiger partial charge in [-0.3, -0.25) is 0 Å². The molecule has 10 heavy (non-hydrogen) atoms. The third-order valence-electron chi connectivity index (χ3n) is 2.16. The van der Waals surface area contributed by atoms with E-state index < -0.39 is 0 Å². The van der Waals surface area contributed by atoms with Gasteiger partial charge in [-0.15, -0.1) is 0 Å². The van der Waals surface area contributed by atoms with E-state index in [-0.39, 0.29) is 0 Å². The van der Waals surface area contributed by atoms with E-state index in [0.717, 1.165) is 11.2 Å². The second-order valence-electron chi connectivity index (χ2n) is 4.53. The smallest absolute Gasteiger partial charge is 0.00985 e. The Bertz CT molecular complexity index is 112. The summed E-state index contributed by atoms with van der Waals surface area (Å²) in [6, 6.07) is 0. The summed E-state index contributed by atoms with van der Waals surface area (Å²) in [6.45, 7) is 9.41. The van der Waals surface area contributed by atoms with Gasteiger partial charge in [-0.2, -0.15) is 11.8 Å². The fraction of sp³-hybridized carbons (Fsp3) is 1.00.